The normalized spacial score (nSPS) is 20.1. The van der Waals surface area contributed by atoms with Crippen LogP contribution in [-0.2, 0) is 11.2 Å². The number of nitrogens with one attached hydrogen (secondary N) is 1. The van der Waals surface area contributed by atoms with E-state index < -0.39 is 0 Å². The second kappa shape index (κ2) is 3.80. The second-order valence-corrected chi connectivity index (χ2v) is 3.62. The Morgan fingerprint density at radius 3 is 3.00 bits per heavy atom. The standard InChI is InChI=1S/C11H14N2O/c12-6-5-9-7-8-3-1-2-4-10(8)13-11(9)14/h1-4,9H,5-7,12H2,(H,13,14)/t9-/m1/s1. The summed E-state index contributed by atoms with van der Waals surface area (Å²) in [6.45, 7) is 0.570. The van der Waals surface area contributed by atoms with Crippen LogP contribution in [0.2, 0.25) is 0 Å². The van der Waals surface area contributed by atoms with E-state index in [4.69, 9.17) is 5.73 Å². The predicted molar refractivity (Wildman–Crippen MR) is 55.9 cm³/mol. The zero-order valence-corrected chi connectivity index (χ0v) is 7.99. The third-order valence-corrected chi connectivity index (χ3v) is 2.63. The number of anilines is 1. The average molecular weight is 190 g/mol. The van der Waals surface area contributed by atoms with E-state index in [1.807, 2.05) is 18.2 Å². The van der Waals surface area contributed by atoms with Gasteiger partial charge >= 0.3 is 0 Å². The number of para-hydroxylation sites is 1. The van der Waals surface area contributed by atoms with Crippen molar-refractivity contribution in [2.75, 3.05) is 11.9 Å². The fourth-order valence-corrected chi connectivity index (χ4v) is 1.85. The van der Waals surface area contributed by atoms with Gasteiger partial charge < -0.3 is 11.1 Å². The largest absolute Gasteiger partial charge is 0.330 e. The van der Waals surface area contributed by atoms with E-state index in [1.165, 1.54) is 5.56 Å². The van der Waals surface area contributed by atoms with E-state index in [-0.39, 0.29) is 11.8 Å². The Labute approximate surface area is 83.3 Å². The van der Waals surface area contributed by atoms with Crippen LogP contribution < -0.4 is 11.1 Å². The molecule has 0 aliphatic carbocycles. The molecule has 1 aromatic rings. The number of amides is 1. The molecule has 1 atom stereocenters. The zero-order valence-electron chi connectivity index (χ0n) is 7.99. The van der Waals surface area contributed by atoms with Crippen LogP contribution in [-0.4, -0.2) is 12.5 Å². The van der Waals surface area contributed by atoms with Crippen LogP contribution in [0.4, 0.5) is 5.69 Å². The fourth-order valence-electron chi connectivity index (χ4n) is 1.85. The van der Waals surface area contributed by atoms with Gasteiger partial charge in [-0.05, 0) is 31.0 Å². The minimum absolute atomic E-state index is 0.0508. The molecule has 1 aromatic carbocycles. The number of benzene rings is 1. The molecule has 2 rings (SSSR count). The Kier molecular flexibility index (Phi) is 2.50. The summed E-state index contributed by atoms with van der Waals surface area (Å²) in [6, 6.07) is 7.92. The van der Waals surface area contributed by atoms with Crippen molar-refractivity contribution < 1.29 is 4.79 Å². The van der Waals surface area contributed by atoms with Gasteiger partial charge in [-0.15, -0.1) is 0 Å². The Balaban J connectivity index is 2.22. The van der Waals surface area contributed by atoms with Gasteiger partial charge in [0.05, 0.1) is 0 Å². The third-order valence-electron chi connectivity index (χ3n) is 2.63. The van der Waals surface area contributed by atoms with Crippen molar-refractivity contribution in [3.63, 3.8) is 0 Å². The van der Waals surface area contributed by atoms with Gasteiger partial charge in [-0.25, -0.2) is 0 Å². The predicted octanol–water partition coefficient (Wildman–Crippen LogP) is 1.15. The summed E-state index contributed by atoms with van der Waals surface area (Å²) >= 11 is 0. The number of carbonyl (C=O) groups is 1. The molecule has 1 heterocycles. The van der Waals surface area contributed by atoms with Gasteiger partial charge in [-0.3, -0.25) is 4.79 Å². The van der Waals surface area contributed by atoms with Gasteiger partial charge in [0, 0.05) is 11.6 Å². The number of nitrogens with two attached hydrogens (primary N) is 1. The molecule has 0 saturated heterocycles. The fraction of sp³-hybridized carbons (Fsp3) is 0.364. The lowest BCUT2D eigenvalue weighted by molar-refractivity contribution is -0.120. The van der Waals surface area contributed by atoms with Crippen molar-refractivity contribution in [3.8, 4) is 0 Å². The first-order valence-electron chi connectivity index (χ1n) is 4.90. The van der Waals surface area contributed by atoms with Gasteiger partial charge in [-0.1, -0.05) is 18.2 Å². The quantitative estimate of drug-likeness (QED) is 0.735. The number of carbonyl (C=O) groups excluding carboxylic acids is 1. The van der Waals surface area contributed by atoms with Crippen LogP contribution in [0.5, 0.6) is 0 Å². The Hall–Kier alpha value is -1.35. The lowest BCUT2D eigenvalue weighted by atomic mass is 9.91. The van der Waals surface area contributed by atoms with Crippen molar-refractivity contribution in [1.29, 1.82) is 0 Å². The smallest absolute Gasteiger partial charge is 0.227 e. The molecule has 74 valence electrons. The molecule has 0 radical (unpaired) electrons. The minimum atomic E-state index is 0.0508. The molecule has 3 nitrogen and oxygen atoms in total. The van der Waals surface area contributed by atoms with Gasteiger partial charge in [0.2, 0.25) is 5.91 Å². The maximum atomic E-state index is 11.6. The molecule has 0 saturated carbocycles. The van der Waals surface area contributed by atoms with Gasteiger partial charge in [0.15, 0.2) is 0 Å². The Bertz CT molecular complexity index is 349. The van der Waals surface area contributed by atoms with Gasteiger partial charge in [0.25, 0.3) is 0 Å². The number of hydrogen-bond donors (Lipinski definition) is 2. The highest BCUT2D eigenvalue weighted by Gasteiger charge is 2.24. The van der Waals surface area contributed by atoms with Crippen molar-refractivity contribution >= 4 is 11.6 Å². The van der Waals surface area contributed by atoms with E-state index in [2.05, 4.69) is 11.4 Å². The molecular weight excluding hydrogens is 176 g/mol. The summed E-state index contributed by atoms with van der Waals surface area (Å²) in [5.41, 5.74) is 7.62. The highest BCUT2D eigenvalue weighted by molar-refractivity contribution is 5.95. The highest BCUT2D eigenvalue weighted by atomic mass is 16.1. The molecule has 0 spiro atoms. The third kappa shape index (κ3) is 1.63. The number of hydrogen-bond acceptors (Lipinski definition) is 2. The number of fused-ring (bicyclic) bond motifs is 1. The van der Waals surface area contributed by atoms with Crippen molar-refractivity contribution in [2.24, 2.45) is 11.7 Å². The first kappa shape index (κ1) is 9.21. The monoisotopic (exact) mass is 190 g/mol. The summed E-state index contributed by atoms with van der Waals surface area (Å²) in [5, 5.41) is 2.90. The summed E-state index contributed by atoms with van der Waals surface area (Å²) in [4.78, 5) is 11.6. The van der Waals surface area contributed by atoms with Crippen LogP contribution in [0.3, 0.4) is 0 Å². The Morgan fingerprint density at radius 2 is 2.21 bits per heavy atom. The second-order valence-electron chi connectivity index (χ2n) is 3.62. The number of rotatable bonds is 2. The molecule has 0 unspecified atom stereocenters. The lowest BCUT2D eigenvalue weighted by Crippen LogP contribution is -2.31. The van der Waals surface area contributed by atoms with Crippen LogP contribution in [0.15, 0.2) is 24.3 Å². The van der Waals surface area contributed by atoms with E-state index in [0.717, 1.165) is 18.5 Å². The summed E-state index contributed by atoms with van der Waals surface area (Å²) in [5.74, 6) is 0.157. The molecule has 3 N–H and O–H groups in total. The van der Waals surface area contributed by atoms with Crippen molar-refractivity contribution in [3.05, 3.63) is 29.8 Å². The highest BCUT2D eigenvalue weighted by Crippen LogP contribution is 2.26. The lowest BCUT2D eigenvalue weighted by Gasteiger charge is -2.23. The SMILES string of the molecule is NCC[C@@H]1Cc2ccccc2NC1=O. The minimum Gasteiger partial charge on any atom is -0.330 e. The van der Waals surface area contributed by atoms with Crippen LogP contribution in [0.1, 0.15) is 12.0 Å². The van der Waals surface area contributed by atoms with Crippen LogP contribution in [0, 0.1) is 5.92 Å². The molecule has 1 amide bonds. The maximum Gasteiger partial charge on any atom is 0.227 e. The molecule has 0 aromatic heterocycles. The molecule has 1 aliphatic rings. The van der Waals surface area contributed by atoms with Crippen LogP contribution >= 0.6 is 0 Å². The van der Waals surface area contributed by atoms with Crippen molar-refractivity contribution in [2.45, 2.75) is 12.8 Å². The van der Waals surface area contributed by atoms with E-state index in [9.17, 15) is 4.79 Å². The van der Waals surface area contributed by atoms with E-state index in [0.29, 0.717) is 6.54 Å². The van der Waals surface area contributed by atoms with Gasteiger partial charge in [-0.2, -0.15) is 0 Å². The summed E-state index contributed by atoms with van der Waals surface area (Å²) in [7, 11) is 0. The van der Waals surface area contributed by atoms with E-state index >= 15 is 0 Å². The molecule has 3 heteroatoms. The van der Waals surface area contributed by atoms with Crippen molar-refractivity contribution in [1.82, 2.24) is 0 Å². The zero-order chi connectivity index (χ0) is 9.97. The molecule has 14 heavy (non-hydrogen) atoms. The van der Waals surface area contributed by atoms with Gasteiger partial charge in [0.1, 0.15) is 0 Å². The Morgan fingerprint density at radius 1 is 1.43 bits per heavy atom. The molecule has 1 aliphatic heterocycles. The van der Waals surface area contributed by atoms with E-state index in [1.54, 1.807) is 0 Å². The summed E-state index contributed by atoms with van der Waals surface area (Å²) < 4.78 is 0. The summed E-state index contributed by atoms with van der Waals surface area (Å²) in [6.07, 6.45) is 1.58. The molecule has 0 bridgehead atoms. The maximum absolute atomic E-state index is 11.6. The first-order valence-corrected chi connectivity index (χ1v) is 4.90. The topological polar surface area (TPSA) is 55.1 Å². The molecule has 0 fully saturated rings. The molecular formula is C11H14N2O. The van der Waals surface area contributed by atoms with Crippen LogP contribution in [0.25, 0.3) is 0 Å². The first-order chi connectivity index (χ1) is 6.81. The average Bonchev–Trinajstić information content (AvgIpc) is 2.19.